The van der Waals surface area contributed by atoms with Crippen molar-refractivity contribution < 1.29 is 17.7 Å². The number of nitrogen functional groups attached to an aromatic ring is 1. The number of aromatic nitrogens is 5. The molecule has 0 saturated carbocycles. The Kier molecular flexibility index (Phi) is 4.93. The van der Waals surface area contributed by atoms with Crippen molar-refractivity contribution in [1.29, 1.82) is 5.26 Å². The summed E-state index contributed by atoms with van der Waals surface area (Å²) in [7, 11) is 1.47. The molecule has 0 fully saturated rings. The van der Waals surface area contributed by atoms with E-state index >= 15 is 0 Å². The van der Waals surface area contributed by atoms with Crippen LogP contribution >= 0.6 is 11.3 Å². The SMILES string of the molecule is Cn1cc(C(F)(F)F)nc1-c1ccc(-c2nc(C3CCCc4sc(N)c(C#N)c43)no2)cn1. The van der Waals surface area contributed by atoms with Crippen molar-refractivity contribution >= 4 is 16.3 Å². The Morgan fingerprint density at radius 3 is 2.79 bits per heavy atom. The maximum absolute atomic E-state index is 12.9. The van der Waals surface area contributed by atoms with E-state index in [-0.39, 0.29) is 23.3 Å². The lowest BCUT2D eigenvalue weighted by molar-refractivity contribution is -0.140. The molecule has 0 spiro atoms. The van der Waals surface area contributed by atoms with Crippen molar-refractivity contribution in [2.75, 3.05) is 5.73 Å². The Hall–Kier alpha value is -3.72. The molecule has 0 radical (unpaired) electrons. The first-order chi connectivity index (χ1) is 15.8. The van der Waals surface area contributed by atoms with E-state index in [1.165, 1.54) is 29.1 Å². The predicted molar refractivity (Wildman–Crippen MR) is 113 cm³/mol. The fraction of sp³-hybridized carbons (Fsp3) is 0.286. The van der Waals surface area contributed by atoms with Gasteiger partial charge in [0, 0.05) is 24.3 Å². The van der Waals surface area contributed by atoms with Gasteiger partial charge >= 0.3 is 6.18 Å². The zero-order chi connectivity index (χ0) is 23.3. The van der Waals surface area contributed by atoms with Crippen LogP contribution in [0, 0.1) is 11.3 Å². The minimum absolute atomic E-state index is 0.0916. The Bertz CT molecular complexity index is 1380. The lowest BCUT2D eigenvalue weighted by Gasteiger charge is -2.19. The predicted octanol–water partition coefficient (Wildman–Crippen LogP) is 4.53. The quantitative estimate of drug-likeness (QED) is 0.466. The molecule has 4 aromatic rings. The zero-order valence-electron chi connectivity index (χ0n) is 17.2. The maximum atomic E-state index is 12.9. The standard InChI is InChI=1S/C21H16F3N7OS/c1-31-9-15(21(22,23)24)28-19(31)13-6-5-10(8-27-13)20-29-18(30-32-20)11-3-2-4-14-16(11)12(7-25)17(26)33-14/h5-6,8-9,11H,2-4,26H2,1H3. The zero-order valence-corrected chi connectivity index (χ0v) is 18.0. The van der Waals surface area contributed by atoms with Gasteiger partial charge in [-0.3, -0.25) is 4.98 Å². The molecule has 0 saturated heterocycles. The van der Waals surface area contributed by atoms with E-state index < -0.39 is 11.9 Å². The van der Waals surface area contributed by atoms with Crippen LogP contribution in [0.2, 0.25) is 0 Å². The molecule has 4 heterocycles. The number of alkyl halides is 3. The second-order valence-electron chi connectivity index (χ2n) is 7.68. The number of imidazole rings is 1. The van der Waals surface area contributed by atoms with Crippen LogP contribution in [-0.4, -0.2) is 24.7 Å². The first-order valence-electron chi connectivity index (χ1n) is 9.98. The normalized spacial score (nSPS) is 15.9. The molecule has 1 unspecified atom stereocenters. The van der Waals surface area contributed by atoms with E-state index in [1.54, 1.807) is 12.1 Å². The minimum Gasteiger partial charge on any atom is -0.389 e. The first kappa shape index (κ1) is 21.1. The summed E-state index contributed by atoms with van der Waals surface area (Å²) in [6, 6.07) is 5.38. The number of halogens is 3. The third kappa shape index (κ3) is 3.64. The number of fused-ring (bicyclic) bond motifs is 1. The summed E-state index contributed by atoms with van der Waals surface area (Å²) in [5.74, 6) is 0.598. The van der Waals surface area contributed by atoms with Crippen molar-refractivity contribution in [2.45, 2.75) is 31.4 Å². The number of aryl methyl sites for hydroxylation is 2. The van der Waals surface area contributed by atoms with Gasteiger partial charge in [0.25, 0.3) is 5.89 Å². The molecule has 0 aliphatic heterocycles. The van der Waals surface area contributed by atoms with E-state index in [2.05, 4.69) is 26.2 Å². The lowest BCUT2D eigenvalue weighted by Crippen LogP contribution is -2.11. The van der Waals surface area contributed by atoms with E-state index in [4.69, 9.17) is 10.3 Å². The molecule has 0 bridgehead atoms. The van der Waals surface area contributed by atoms with Crippen LogP contribution in [-0.2, 0) is 19.6 Å². The fourth-order valence-corrected chi connectivity index (χ4v) is 5.16. The second kappa shape index (κ2) is 7.70. The number of hydrogen-bond acceptors (Lipinski definition) is 8. The highest BCUT2D eigenvalue weighted by atomic mass is 32.1. The van der Waals surface area contributed by atoms with E-state index in [1.807, 2.05) is 0 Å². The van der Waals surface area contributed by atoms with E-state index in [9.17, 15) is 18.4 Å². The summed E-state index contributed by atoms with van der Waals surface area (Å²) < 4.78 is 45.5. The average molecular weight is 471 g/mol. The van der Waals surface area contributed by atoms with Gasteiger partial charge in [-0.05, 0) is 37.0 Å². The molecule has 1 aliphatic carbocycles. The van der Waals surface area contributed by atoms with Gasteiger partial charge < -0.3 is 14.8 Å². The molecule has 4 aromatic heterocycles. The second-order valence-corrected chi connectivity index (χ2v) is 8.82. The molecule has 1 atom stereocenters. The van der Waals surface area contributed by atoms with E-state index in [0.29, 0.717) is 22.0 Å². The molecule has 1 aliphatic rings. The number of rotatable bonds is 3. The molecular formula is C21H16F3N7OS. The molecule has 8 nitrogen and oxygen atoms in total. The molecule has 168 valence electrons. The molecular weight excluding hydrogens is 455 g/mol. The van der Waals surface area contributed by atoms with Crippen molar-refractivity contribution in [3.63, 3.8) is 0 Å². The van der Waals surface area contributed by atoms with Crippen LogP contribution in [0.3, 0.4) is 0 Å². The lowest BCUT2D eigenvalue weighted by atomic mass is 9.85. The number of nitrogens with zero attached hydrogens (tertiary/aromatic N) is 6. The monoisotopic (exact) mass is 471 g/mol. The van der Waals surface area contributed by atoms with Gasteiger partial charge in [0.15, 0.2) is 17.3 Å². The smallest absolute Gasteiger partial charge is 0.389 e. The Balaban J connectivity index is 1.44. The summed E-state index contributed by atoms with van der Waals surface area (Å²) in [6.45, 7) is 0. The van der Waals surface area contributed by atoms with Crippen LogP contribution < -0.4 is 5.73 Å². The van der Waals surface area contributed by atoms with Crippen molar-refractivity contribution in [1.82, 2.24) is 24.7 Å². The number of anilines is 1. The maximum Gasteiger partial charge on any atom is 0.434 e. The van der Waals surface area contributed by atoms with Crippen LogP contribution in [0.15, 0.2) is 29.0 Å². The van der Waals surface area contributed by atoms with Crippen LogP contribution in [0.1, 0.15) is 46.3 Å². The minimum atomic E-state index is -4.53. The van der Waals surface area contributed by atoms with Crippen LogP contribution in [0.4, 0.5) is 18.2 Å². The summed E-state index contributed by atoms with van der Waals surface area (Å²) in [4.78, 5) is 13.5. The average Bonchev–Trinajstić information content (AvgIpc) is 3.49. The van der Waals surface area contributed by atoms with Gasteiger partial charge in [-0.1, -0.05) is 5.16 Å². The third-order valence-electron chi connectivity index (χ3n) is 5.57. The molecule has 0 aromatic carbocycles. The Morgan fingerprint density at radius 1 is 1.30 bits per heavy atom. The third-order valence-corrected chi connectivity index (χ3v) is 6.66. The van der Waals surface area contributed by atoms with Gasteiger partial charge in [0.2, 0.25) is 0 Å². The van der Waals surface area contributed by atoms with Crippen LogP contribution in [0.25, 0.3) is 23.0 Å². The van der Waals surface area contributed by atoms with Crippen molar-refractivity contribution in [3.05, 3.63) is 52.0 Å². The van der Waals surface area contributed by atoms with Crippen LogP contribution in [0.5, 0.6) is 0 Å². The largest absolute Gasteiger partial charge is 0.434 e. The number of pyridine rings is 1. The van der Waals surface area contributed by atoms with Gasteiger partial charge in [-0.15, -0.1) is 11.3 Å². The first-order valence-corrected chi connectivity index (χ1v) is 10.8. The summed E-state index contributed by atoms with van der Waals surface area (Å²) in [5, 5.41) is 14.2. The summed E-state index contributed by atoms with van der Waals surface area (Å²) >= 11 is 1.43. The van der Waals surface area contributed by atoms with Gasteiger partial charge in [-0.2, -0.15) is 23.4 Å². The Labute approximate surface area is 189 Å². The topological polar surface area (TPSA) is 119 Å². The van der Waals surface area contributed by atoms with Crippen molar-refractivity contribution in [2.24, 2.45) is 7.05 Å². The van der Waals surface area contributed by atoms with E-state index in [0.717, 1.165) is 35.9 Å². The molecule has 2 N–H and O–H groups in total. The highest BCUT2D eigenvalue weighted by Gasteiger charge is 2.35. The number of hydrogen-bond donors (Lipinski definition) is 1. The summed E-state index contributed by atoms with van der Waals surface area (Å²) in [6.07, 6.45) is 0.390. The van der Waals surface area contributed by atoms with Gasteiger partial charge in [-0.25, -0.2) is 4.98 Å². The number of nitriles is 1. The molecule has 33 heavy (non-hydrogen) atoms. The molecule has 0 amide bonds. The van der Waals surface area contributed by atoms with Gasteiger partial charge in [0.05, 0.1) is 17.0 Å². The molecule has 5 rings (SSSR count). The number of nitrogens with two attached hydrogens (primary N) is 1. The highest BCUT2D eigenvalue weighted by molar-refractivity contribution is 7.16. The van der Waals surface area contributed by atoms with Crippen molar-refractivity contribution in [3.8, 4) is 29.0 Å². The molecule has 12 heteroatoms. The number of thiophene rings is 1. The Morgan fingerprint density at radius 2 is 2.12 bits per heavy atom. The van der Waals surface area contributed by atoms with Gasteiger partial charge in [0.1, 0.15) is 16.8 Å². The highest BCUT2D eigenvalue weighted by Crippen LogP contribution is 2.44. The fourth-order valence-electron chi connectivity index (χ4n) is 4.04. The summed E-state index contributed by atoms with van der Waals surface area (Å²) in [5.41, 5.74) is 7.19.